The lowest BCUT2D eigenvalue weighted by molar-refractivity contribution is 0.0785. The molecule has 0 atom stereocenters. The Morgan fingerprint density at radius 2 is 1.63 bits per heavy atom. The normalized spacial score (nSPS) is 11.9. The summed E-state index contributed by atoms with van der Waals surface area (Å²) >= 11 is 0. The van der Waals surface area contributed by atoms with E-state index >= 15 is 0 Å². The third-order valence-electron chi connectivity index (χ3n) is 4.28. The van der Waals surface area contributed by atoms with Crippen LogP contribution < -0.4 is 14.2 Å². The van der Waals surface area contributed by atoms with Crippen LogP contribution in [0.1, 0.15) is 15.9 Å². The molecule has 5 heteroatoms. The van der Waals surface area contributed by atoms with Crippen molar-refractivity contribution >= 4 is 5.91 Å². The summed E-state index contributed by atoms with van der Waals surface area (Å²) in [4.78, 5) is 14.4. The molecular formula is C22H19NO4. The fraction of sp³-hybridized carbons (Fsp3) is 0.136. The summed E-state index contributed by atoms with van der Waals surface area (Å²) < 4.78 is 16.5. The van der Waals surface area contributed by atoms with Gasteiger partial charge in [0, 0.05) is 19.2 Å². The summed E-state index contributed by atoms with van der Waals surface area (Å²) in [7, 11) is 1.78. The van der Waals surface area contributed by atoms with Crippen LogP contribution in [0, 0.1) is 0 Å². The molecule has 1 amide bonds. The standard InChI is InChI=1S/C22H19NO4/c1-23(14-16-7-12-20-21(13-16)26-15-25-20)22(24)17-8-10-19(11-9-17)27-18-5-3-2-4-6-18/h2-13H,14-15H2,1H3. The van der Waals surface area contributed by atoms with Gasteiger partial charge in [-0.05, 0) is 54.1 Å². The minimum atomic E-state index is -0.0565. The highest BCUT2D eigenvalue weighted by Crippen LogP contribution is 2.32. The van der Waals surface area contributed by atoms with Gasteiger partial charge in [0.1, 0.15) is 11.5 Å². The van der Waals surface area contributed by atoms with E-state index < -0.39 is 0 Å². The van der Waals surface area contributed by atoms with Gasteiger partial charge in [0.25, 0.3) is 5.91 Å². The van der Waals surface area contributed by atoms with Crippen molar-refractivity contribution in [2.75, 3.05) is 13.8 Å². The van der Waals surface area contributed by atoms with Crippen molar-refractivity contribution in [3.8, 4) is 23.0 Å². The third-order valence-corrected chi connectivity index (χ3v) is 4.28. The number of hydrogen-bond donors (Lipinski definition) is 0. The van der Waals surface area contributed by atoms with Gasteiger partial charge in [-0.15, -0.1) is 0 Å². The zero-order chi connectivity index (χ0) is 18.6. The maximum absolute atomic E-state index is 12.7. The number of ether oxygens (including phenoxy) is 3. The second kappa shape index (κ2) is 7.41. The molecule has 3 aromatic carbocycles. The number of hydrogen-bond acceptors (Lipinski definition) is 4. The minimum Gasteiger partial charge on any atom is -0.457 e. The number of benzene rings is 3. The number of rotatable bonds is 5. The van der Waals surface area contributed by atoms with Gasteiger partial charge in [0.15, 0.2) is 11.5 Å². The van der Waals surface area contributed by atoms with Crippen LogP contribution in [-0.4, -0.2) is 24.6 Å². The smallest absolute Gasteiger partial charge is 0.253 e. The van der Waals surface area contributed by atoms with E-state index in [2.05, 4.69) is 0 Å². The first kappa shape index (κ1) is 17.0. The van der Waals surface area contributed by atoms with Gasteiger partial charge < -0.3 is 19.1 Å². The molecule has 3 aromatic rings. The van der Waals surface area contributed by atoms with Crippen molar-refractivity contribution in [3.05, 3.63) is 83.9 Å². The Kier molecular flexibility index (Phi) is 4.66. The number of fused-ring (bicyclic) bond motifs is 1. The molecule has 0 unspecified atom stereocenters. The van der Waals surface area contributed by atoms with Crippen LogP contribution in [0.3, 0.4) is 0 Å². The number of carbonyl (C=O) groups excluding carboxylic acids is 1. The van der Waals surface area contributed by atoms with E-state index in [1.165, 1.54) is 0 Å². The monoisotopic (exact) mass is 361 g/mol. The van der Waals surface area contributed by atoms with Crippen molar-refractivity contribution < 1.29 is 19.0 Å². The fourth-order valence-corrected chi connectivity index (χ4v) is 2.90. The lowest BCUT2D eigenvalue weighted by Gasteiger charge is -2.18. The van der Waals surface area contributed by atoms with Gasteiger partial charge in [0.05, 0.1) is 0 Å². The van der Waals surface area contributed by atoms with E-state index in [4.69, 9.17) is 14.2 Å². The molecule has 5 nitrogen and oxygen atoms in total. The molecule has 0 N–H and O–H groups in total. The Labute approximate surface area is 157 Å². The van der Waals surface area contributed by atoms with Crippen molar-refractivity contribution in [2.45, 2.75) is 6.54 Å². The summed E-state index contributed by atoms with van der Waals surface area (Å²) in [6, 6.07) is 22.4. The predicted octanol–water partition coefficient (Wildman–Crippen LogP) is 4.48. The summed E-state index contributed by atoms with van der Waals surface area (Å²) in [5.41, 5.74) is 1.60. The SMILES string of the molecule is CN(Cc1ccc2c(c1)OCO2)C(=O)c1ccc(Oc2ccccc2)cc1. The number of carbonyl (C=O) groups is 1. The Morgan fingerprint density at radius 3 is 2.41 bits per heavy atom. The van der Waals surface area contributed by atoms with Gasteiger partial charge in [-0.3, -0.25) is 4.79 Å². The van der Waals surface area contributed by atoms with Crippen molar-refractivity contribution in [1.29, 1.82) is 0 Å². The molecule has 0 saturated heterocycles. The van der Waals surface area contributed by atoms with Crippen molar-refractivity contribution in [2.24, 2.45) is 0 Å². The molecule has 1 heterocycles. The third kappa shape index (κ3) is 3.87. The Balaban J connectivity index is 1.41. The summed E-state index contributed by atoms with van der Waals surface area (Å²) in [6.45, 7) is 0.725. The first-order chi connectivity index (χ1) is 13.2. The maximum Gasteiger partial charge on any atom is 0.253 e. The fourth-order valence-electron chi connectivity index (χ4n) is 2.90. The first-order valence-electron chi connectivity index (χ1n) is 8.66. The second-order valence-corrected chi connectivity index (χ2v) is 6.29. The largest absolute Gasteiger partial charge is 0.457 e. The molecule has 0 fully saturated rings. The van der Waals surface area contributed by atoms with Crippen molar-refractivity contribution in [3.63, 3.8) is 0 Å². The number of para-hydroxylation sites is 1. The number of amides is 1. The molecule has 0 aromatic heterocycles. The molecular weight excluding hydrogens is 342 g/mol. The van der Waals surface area contributed by atoms with Gasteiger partial charge in [-0.2, -0.15) is 0 Å². The zero-order valence-electron chi connectivity index (χ0n) is 14.9. The summed E-state index contributed by atoms with van der Waals surface area (Å²) in [5, 5.41) is 0. The molecule has 1 aliphatic heterocycles. The van der Waals surface area contributed by atoms with E-state index in [0.29, 0.717) is 17.9 Å². The lowest BCUT2D eigenvalue weighted by Crippen LogP contribution is -2.26. The van der Waals surface area contributed by atoms with Gasteiger partial charge in [-0.1, -0.05) is 24.3 Å². The molecule has 0 aliphatic carbocycles. The molecule has 0 saturated carbocycles. The van der Waals surface area contributed by atoms with Crippen molar-refractivity contribution in [1.82, 2.24) is 4.90 Å². The quantitative estimate of drug-likeness (QED) is 0.672. The van der Waals surface area contributed by atoms with E-state index in [1.54, 1.807) is 36.2 Å². The van der Waals surface area contributed by atoms with Crippen LogP contribution in [0.15, 0.2) is 72.8 Å². The van der Waals surface area contributed by atoms with Crippen LogP contribution in [-0.2, 0) is 6.54 Å². The van der Waals surface area contributed by atoms with E-state index in [9.17, 15) is 4.79 Å². The van der Waals surface area contributed by atoms with E-state index in [0.717, 1.165) is 22.8 Å². The van der Waals surface area contributed by atoms with Gasteiger partial charge in [-0.25, -0.2) is 0 Å². The molecule has 0 bridgehead atoms. The molecule has 27 heavy (non-hydrogen) atoms. The Morgan fingerprint density at radius 1 is 0.926 bits per heavy atom. The maximum atomic E-state index is 12.7. The highest BCUT2D eigenvalue weighted by Gasteiger charge is 2.16. The lowest BCUT2D eigenvalue weighted by atomic mass is 10.1. The van der Waals surface area contributed by atoms with Gasteiger partial charge in [0.2, 0.25) is 6.79 Å². The molecule has 0 radical (unpaired) electrons. The average molecular weight is 361 g/mol. The van der Waals surface area contributed by atoms with Crippen LogP contribution in [0.2, 0.25) is 0 Å². The minimum absolute atomic E-state index is 0.0565. The summed E-state index contributed by atoms with van der Waals surface area (Å²) in [6.07, 6.45) is 0. The molecule has 136 valence electrons. The number of nitrogens with zero attached hydrogens (tertiary/aromatic N) is 1. The summed E-state index contributed by atoms with van der Waals surface area (Å²) in [5.74, 6) is 2.85. The molecule has 4 rings (SSSR count). The zero-order valence-corrected chi connectivity index (χ0v) is 14.9. The Hall–Kier alpha value is -3.47. The topological polar surface area (TPSA) is 48.0 Å². The molecule has 1 aliphatic rings. The van der Waals surface area contributed by atoms with Crippen LogP contribution in [0.5, 0.6) is 23.0 Å². The predicted molar refractivity (Wildman–Crippen MR) is 101 cm³/mol. The van der Waals surface area contributed by atoms with Crippen LogP contribution in [0.4, 0.5) is 0 Å². The van der Waals surface area contributed by atoms with Crippen LogP contribution in [0.25, 0.3) is 0 Å². The van der Waals surface area contributed by atoms with Crippen LogP contribution >= 0.6 is 0 Å². The molecule has 0 spiro atoms. The average Bonchev–Trinajstić information content (AvgIpc) is 3.16. The second-order valence-electron chi connectivity index (χ2n) is 6.29. The highest BCUT2D eigenvalue weighted by atomic mass is 16.7. The van der Waals surface area contributed by atoms with E-state index in [1.807, 2.05) is 48.5 Å². The van der Waals surface area contributed by atoms with Gasteiger partial charge >= 0.3 is 0 Å². The highest BCUT2D eigenvalue weighted by molar-refractivity contribution is 5.94. The first-order valence-corrected chi connectivity index (χ1v) is 8.66. The van der Waals surface area contributed by atoms with E-state index in [-0.39, 0.29) is 12.7 Å². The Bertz CT molecular complexity index is 938.